The maximum absolute atomic E-state index is 13.4. The van der Waals surface area contributed by atoms with Gasteiger partial charge in [0, 0.05) is 19.3 Å². The van der Waals surface area contributed by atoms with Gasteiger partial charge in [-0.2, -0.15) is 0 Å². The Kier molecular flexibility index (Phi) is 17.7. The van der Waals surface area contributed by atoms with Gasteiger partial charge in [-0.3, -0.25) is 39.4 Å². The molecule has 49 heavy (non-hydrogen) atoms. The van der Waals surface area contributed by atoms with Crippen molar-refractivity contribution in [2.75, 3.05) is 0 Å². The third-order valence-electron chi connectivity index (χ3n) is 7.51. The number of hydrogen-bond donors (Lipinski definition) is 11. The second-order valence-corrected chi connectivity index (χ2v) is 11.3. The Bertz CT molecular complexity index is 1340. The highest BCUT2D eigenvalue weighted by Crippen LogP contribution is 2.13. The fraction of sp³-hybridized carbons (Fsp3) is 0.533. The molecule has 272 valence electrons. The number of phenolic OH excluding ortho intramolecular Hbond substituents is 1. The first-order chi connectivity index (χ1) is 23.0. The number of nitrogens with one attached hydrogen (secondary N) is 5. The molecule has 0 aliphatic carbocycles. The number of carbonyl (C=O) groups excluding carboxylic acids is 4. The van der Waals surface area contributed by atoms with E-state index in [-0.39, 0.29) is 12.2 Å². The summed E-state index contributed by atoms with van der Waals surface area (Å²) in [5.74, 6) is -4.54. The van der Waals surface area contributed by atoms with Crippen LogP contribution in [0.15, 0.2) is 24.3 Å². The van der Waals surface area contributed by atoms with Crippen molar-refractivity contribution < 1.29 is 63.9 Å². The average molecular weight is 697 g/mol. The predicted octanol–water partition coefficient (Wildman–Crippen LogP) is -1.57. The molecule has 0 saturated heterocycles. The van der Waals surface area contributed by atoms with E-state index in [4.69, 9.17) is 10.9 Å². The molecule has 4 amide bonds. The molecule has 1 aromatic carbocycles. The molecule has 0 fully saturated rings. The van der Waals surface area contributed by atoms with Crippen LogP contribution in [0.25, 0.3) is 0 Å². The van der Waals surface area contributed by atoms with Crippen molar-refractivity contribution >= 4 is 47.5 Å². The maximum Gasteiger partial charge on any atom is 0.326 e. The zero-order chi connectivity index (χ0) is 37.3. The van der Waals surface area contributed by atoms with Crippen LogP contribution in [-0.4, -0.2) is 103 Å². The molecule has 0 aliphatic rings. The fourth-order valence-electron chi connectivity index (χ4n) is 4.46. The summed E-state index contributed by atoms with van der Waals surface area (Å²) in [5.41, 5.74) is 2.84. The highest BCUT2D eigenvalue weighted by molar-refractivity contribution is 5.96. The quantitative estimate of drug-likeness (QED) is 0.0455. The monoisotopic (exact) mass is 696 g/mol. The fourth-order valence-corrected chi connectivity index (χ4v) is 4.46. The molecule has 19 heteroatoms. The third kappa shape index (κ3) is 15.4. The number of benzene rings is 1. The van der Waals surface area contributed by atoms with Crippen LogP contribution in [0, 0.1) is 5.92 Å². The second kappa shape index (κ2) is 20.8. The van der Waals surface area contributed by atoms with E-state index in [2.05, 4.69) is 26.7 Å². The van der Waals surface area contributed by atoms with Gasteiger partial charge in [0.25, 0.3) is 0 Å². The number of nitrogens with two attached hydrogens (primary N) is 1. The van der Waals surface area contributed by atoms with E-state index in [1.54, 1.807) is 13.8 Å². The Morgan fingerprint density at radius 2 is 1.00 bits per heavy atom. The summed E-state index contributed by atoms with van der Waals surface area (Å²) in [6.45, 7) is 3.24. The number of carboxylic acids is 4. The largest absolute Gasteiger partial charge is 0.508 e. The summed E-state index contributed by atoms with van der Waals surface area (Å²) >= 11 is 0. The number of aliphatic carboxylic acids is 4. The van der Waals surface area contributed by atoms with E-state index < -0.39 is 122 Å². The topological polar surface area (TPSA) is 324 Å². The lowest BCUT2D eigenvalue weighted by Gasteiger charge is -2.27. The van der Waals surface area contributed by atoms with E-state index in [1.807, 2.05) is 0 Å². The lowest BCUT2D eigenvalue weighted by Crippen LogP contribution is -2.59. The average Bonchev–Trinajstić information content (AvgIpc) is 3.03. The minimum atomic E-state index is -1.68. The van der Waals surface area contributed by atoms with Crippen molar-refractivity contribution in [2.45, 2.75) is 95.4 Å². The molecular formula is C30H44N6O13. The van der Waals surface area contributed by atoms with Crippen molar-refractivity contribution in [3.8, 4) is 5.75 Å². The Morgan fingerprint density at radius 3 is 1.33 bits per heavy atom. The molecule has 1 rings (SSSR count). The molecule has 0 heterocycles. The molecule has 1 aromatic rings. The van der Waals surface area contributed by atoms with Crippen LogP contribution in [0.4, 0.5) is 0 Å². The molecule has 0 aromatic heterocycles. The maximum atomic E-state index is 13.4. The second-order valence-electron chi connectivity index (χ2n) is 11.3. The molecular weight excluding hydrogens is 652 g/mol. The third-order valence-corrected chi connectivity index (χ3v) is 7.51. The Morgan fingerprint density at radius 1 is 0.633 bits per heavy atom. The molecule has 6 unspecified atom stereocenters. The van der Waals surface area contributed by atoms with E-state index >= 15 is 0 Å². The van der Waals surface area contributed by atoms with Crippen LogP contribution < -0.4 is 32.5 Å². The summed E-state index contributed by atoms with van der Waals surface area (Å²) in [5, 5.41) is 55.8. The summed E-state index contributed by atoms with van der Waals surface area (Å²) < 4.78 is 0. The van der Waals surface area contributed by atoms with Crippen LogP contribution in [0.2, 0.25) is 0 Å². The molecule has 12 N–H and O–H groups in total. The van der Waals surface area contributed by atoms with Gasteiger partial charge in [0.1, 0.15) is 36.0 Å². The Balaban J connectivity index is 3.27. The Hall–Kier alpha value is -5.30. The minimum absolute atomic E-state index is 0.0148. The molecule has 0 spiro atoms. The van der Waals surface area contributed by atoms with E-state index in [0.29, 0.717) is 12.0 Å². The Labute approximate surface area is 281 Å². The van der Waals surface area contributed by atoms with Gasteiger partial charge < -0.3 is 46.8 Å². The van der Waals surface area contributed by atoms with Gasteiger partial charge in [-0.1, -0.05) is 32.4 Å². The normalized spacial score (nSPS) is 14.5. The molecule has 0 bridgehead atoms. The number of phenols is 1. The number of rotatable bonds is 23. The van der Waals surface area contributed by atoms with Crippen molar-refractivity contribution in [1.29, 1.82) is 0 Å². The van der Waals surface area contributed by atoms with Crippen LogP contribution in [0.1, 0.15) is 64.4 Å². The van der Waals surface area contributed by atoms with Gasteiger partial charge in [0.15, 0.2) is 0 Å². The summed E-state index contributed by atoms with van der Waals surface area (Å²) in [7, 11) is 0. The summed E-state index contributed by atoms with van der Waals surface area (Å²) in [6, 6.07) is -1.62. The van der Waals surface area contributed by atoms with Crippen molar-refractivity contribution in [3.05, 3.63) is 29.8 Å². The van der Waals surface area contributed by atoms with Crippen LogP contribution >= 0.6 is 0 Å². The van der Waals surface area contributed by atoms with Gasteiger partial charge in [-0.15, -0.1) is 0 Å². The van der Waals surface area contributed by atoms with Crippen LogP contribution in [-0.2, 0) is 44.8 Å². The first kappa shape index (κ1) is 41.7. The standard InChI is InChI=1S/C30H44N6O13/c1-3-15(2)25(30(48)49)35-28(46)20(10-13-24(42)43)33-26(44)18(8-11-22(38)39)32-27(45)19(9-12-23(40)41)34-29(47)21(36-31)14-16-4-6-17(37)7-5-16/h4-7,15,18-21,25,36-37H,3,8-14,31H2,1-2H3,(H,32,45)(H,33,44)(H,34,47)(H,35,46)(H,38,39)(H,40,41)(H,42,43)(H,48,49). The van der Waals surface area contributed by atoms with E-state index in [9.17, 15) is 58.8 Å². The SMILES string of the molecule is CCC(C)C(NC(=O)C(CCC(=O)O)NC(=O)C(CCC(=O)O)NC(=O)C(CCC(=O)O)NC(=O)C(Cc1ccc(O)cc1)NN)C(=O)O. The lowest BCUT2D eigenvalue weighted by molar-refractivity contribution is -0.144. The highest BCUT2D eigenvalue weighted by Gasteiger charge is 2.33. The molecule has 19 nitrogen and oxygen atoms in total. The molecule has 0 aliphatic heterocycles. The number of hydrazine groups is 1. The van der Waals surface area contributed by atoms with Crippen LogP contribution in [0.3, 0.4) is 0 Å². The van der Waals surface area contributed by atoms with Crippen LogP contribution in [0.5, 0.6) is 5.75 Å². The van der Waals surface area contributed by atoms with E-state index in [0.717, 1.165) is 0 Å². The molecule has 0 radical (unpaired) electrons. The van der Waals surface area contributed by atoms with Crippen molar-refractivity contribution in [2.24, 2.45) is 11.8 Å². The highest BCUT2D eigenvalue weighted by atomic mass is 16.4. The minimum Gasteiger partial charge on any atom is -0.508 e. The van der Waals surface area contributed by atoms with Crippen molar-refractivity contribution in [1.82, 2.24) is 26.7 Å². The zero-order valence-electron chi connectivity index (χ0n) is 27.0. The van der Waals surface area contributed by atoms with E-state index in [1.165, 1.54) is 24.3 Å². The molecule has 6 atom stereocenters. The van der Waals surface area contributed by atoms with Gasteiger partial charge >= 0.3 is 23.9 Å². The zero-order valence-corrected chi connectivity index (χ0v) is 27.0. The first-order valence-electron chi connectivity index (χ1n) is 15.3. The lowest BCUT2D eigenvalue weighted by atomic mass is 9.98. The smallest absolute Gasteiger partial charge is 0.326 e. The predicted molar refractivity (Wildman–Crippen MR) is 168 cm³/mol. The number of hydrogen-bond acceptors (Lipinski definition) is 11. The van der Waals surface area contributed by atoms with Gasteiger partial charge in [-0.25, -0.2) is 10.2 Å². The molecule has 0 saturated carbocycles. The number of amides is 4. The van der Waals surface area contributed by atoms with Gasteiger partial charge in [0.05, 0.1) is 0 Å². The van der Waals surface area contributed by atoms with Crippen molar-refractivity contribution in [3.63, 3.8) is 0 Å². The van der Waals surface area contributed by atoms with Gasteiger partial charge in [0.2, 0.25) is 23.6 Å². The first-order valence-corrected chi connectivity index (χ1v) is 15.3. The van der Waals surface area contributed by atoms with Gasteiger partial charge in [-0.05, 0) is 49.3 Å². The number of carbonyl (C=O) groups is 8. The number of aromatic hydroxyl groups is 1. The summed E-state index contributed by atoms with van der Waals surface area (Å²) in [4.78, 5) is 98.5. The summed E-state index contributed by atoms with van der Waals surface area (Å²) in [6.07, 6.45) is -3.08. The number of carboxylic acid groups (broad SMARTS) is 4.